The van der Waals surface area contributed by atoms with Crippen LogP contribution in [0.4, 0.5) is 0 Å². The Morgan fingerprint density at radius 2 is 1.94 bits per heavy atom. The van der Waals surface area contributed by atoms with E-state index >= 15 is 0 Å². The van der Waals surface area contributed by atoms with Crippen molar-refractivity contribution in [3.8, 4) is 0 Å². The largest absolute Gasteiger partial charge is 0.343 e. The molecular formula is C11H18N4OS. The van der Waals surface area contributed by atoms with Gasteiger partial charge < -0.3 is 10.6 Å². The average Bonchev–Trinajstić information content (AvgIpc) is 2.38. The van der Waals surface area contributed by atoms with Crippen LogP contribution in [0.25, 0.3) is 0 Å². The zero-order valence-electron chi connectivity index (χ0n) is 10.2. The summed E-state index contributed by atoms with van der Waals surface area (Å²) >= 11 is 1.35. The molecule has 1 amide bonds. The van der Waals surface area contributed by atoms with Gasteiger partial charge in [-0.15, -0.1) is 0 Å². The Balaban J connectivity index is 2.46. The summed E-state index contributed by atoms with van der Waals surface area (Å²) in [5.41, 5.74) is 6.34. The highest BCUT2D eigenvalue weighted by Gasteiger charge is 2.10. The molecule has 94 valence electrons. The molecule has 0 unspecified atom stereocenters. The lowest BCUT2D eigenvalue weighted by Crippen LogP contribution is -2.31. The fourth-order valence-electron chi connectivity index (χ4n) is 1.32. The van der Waals surface area contributed by atoms with E-state index in [1.165, 1.54) is 11.8 Å². The van der Waals surface area contributed by atoms with Crippen LogP contribution >= 0.6 is 11.8 Å². The number of nitrogens with zero attached hydrogens (tertiary/aromatic N) is 3. The maximum atomic E-state index is 11.7. The molecule has 1 aromatic heterocycles. The minimum Gasteiger partial charge on any atom is -0.343 e. The third-order valence-corrected chi connectivity index (χ3v) is 3.22. The van der Waals surface area contributed by atoms with Gasteiger partial charge >= 0.3 is 0 Å². The Morgan fingerprint density at radius 3 is 2.41 bits per heavy atom. The summed E-state index contributed by atoms with van der Waals surface area (Å²) in [5, 5.41) is 0.614. The van der Waals surface area contributed by atoms with Crippen LogP contribution in [0, 0.1) is 0 Å². The van der Waals surface area contributed by atoms with Crippen molar-refractivity contribution in [1.29, 1.82) is 0 Å². The first-order valence-corrected chi connectivity index (χ1v) is 6.61. The van der Waals surface area contributed by atoms with E-state index in [1.54, 1.807) is 17.3 Å². The van der Waals surface area contributed by atoms with Crippen molar-refractivity contribution < 1.29 is 4.79 Å². The van der Waals surface area contributed by atoms with E-state index in [0.29, 0.717) is 17.5 Å². The van der Waals surface area contributed by atoms with Gasteiger partial charge in [-0.3, -0.25) is 4.79 Å². The molecule has 1 heterocycles. The van der Waals surface area contributed by atoms with E-state index in [2.05, 4.69) is 9.97 Å². The lowest BCUT2D eigenvalue weighted by atomic mass is 10.4. The summed E-state index contributed by atoms with van der Waals surface area (Å²) in [7, 11) is 0. The van der Waals surface area contributed by atoms with Crippen LogP contribution < -0.4 is 5.73 Å². The SMILES string of the molecule is CCN(CC)C(=O)CSc1ncc(CN)cn1. The zero-order valence-corrected chi connectivity index (χ0v) is 11.0. The number of aromatic nitrogens is 2. The number of rotatable bonds is 6. The third-order valence-electron chi connectivity index (χ3n) is 2.36. The van der Waals surface area contributed by atoms with Gasteiger partial charge in [0.2, 0.25) is 5.91 Å². The van der Waals surface area contributed by atoms with Crippen LogP contribution in [0.3, 0.4) is 0 Å². The van der Waals surface area contributed by atoms with Crippen molar-refractivity contribution in [2.45, 2.75) is 25.5 Å². The number of thioether (sulfide) groups is 1. The molecule has 0 aliphatic heterocycles. The minimum absolute atomic E-state index is 0.117. The highest BCUT2D eigenvalue weighted by atomic mass is 32.2. The van der Waals surface area contributed by atoms with Gasteiger partial charge in [-0.25, -0.2) is 9.97 Å². The van der Waals surface area contributed by atoms with Gasteiger partial charge in [-0.05, 0) is 13.8 Å². The molecule has 0 bridgehead atoms. The van der Waals surface area contributed by atoms with Crippen LogP contribution in [0.5, 0.6) is 0 Å². The Hall–Kier alpha value is -1.14. The number of carbonyl (C=O) groups excluding carboxylic acids is 1. The van der Waals surface area contributed by atoms with Crippen LogP contribution in [-0.4, -0.2) is 39.6 Å². The van der Waals surface area contributed by atoms with Gasteiger partial charge in [-0.1, -0.05) is 11.8 Å². The monoisotopic (exact) mass is 254 g/mol. The molecule has 0 fully saturated rings. The third kappa shape index (κ3) is 4.32. The van der Waals surface area contributed by atoms with Crippen molar-refractivity contribution in [2.75, 3.05) is 18.8 Å². The van der Waals surface area contributed by atoms with Crippen LogP contribution in [0.2, 0.25) is 0 Å². The molecule has 2 N–H and O–H groups in total. The molecule has 0 aromatic carbocycles. The minimum atomic E-state index is 0.117. The van der Waals surface area contributed by atoms with Crippen molar-refractivity contribution in [3.63, 3.8) is 0 Å². The van der Waals surface area contributed by atoms with E-state index in [-0.39, 0.29) is 5.91 Å². The maximum Gasteiger partial charge on any atom is 0.233 e. The summed E-state index contributed by atoms with van der Waals surface area (Å²) in [5.74, 6) is 0.496. The molecule has 0 saturated carbocycles. The topological polar surface area (TPSA) is 72.1 Å². The fourth-order valence-corrected chi connectivity index (χ4v) is 2.01. The normalized spacial score (nSPS) is 10.3. The van der Waals surface area contributed by atoms with Crippen LogP contribution in [-0.2, 0) is 11.3 Å². The van der Waals surface area contributed by atoms with Crippen molar-refractivity contribution in [3.05, 3.63) is 18.0 Å². The summed E-state index contributed by atoms with van der Waals surface area (Å²) in [6.45, 7) is 5.85. The predicted octanol–water partition coefficient (Wildman–Crippen LogP) is 0.896. The first-order valence-electron chi connectivity index (χ1n) is 5.62. The van der Waals surface area contributed by atoms with Gasteiger partial charge in [0.05, 0.1) is 5.75 Å². The van der Waals surface area contributed by atoms with Gasteiger partial charge in [-0.2, -0.15) is 0 Å². The van der Waals surface area contributed by atoms with Crippen molar-refractivity contribution >= 4 is 17.7 Å². The number of hydrogen-bond donors (Lipinski definition) is 1. The van der Waals surface area contributed by atoms with Crippen molar-refractivity contribution in [1.82, 2.24) is 14.9 Å². The van der Waals surface area contributed by atoms with Crippen molar-refractivity contribution in [2.24, 2.45) is 5.73 Å². The first-order chi connectivity index (χ1) is 8.21. The molecule has 1 rings (SSSR count). The maximum absolute atomic E-state index is 11.7. The Morgan fingerprint density at radius 1 is 1.35 bits per heavy atom. The van der Waals surface area contributed by atoms with E-state index in [4.69, 9.17) is 5.73 Å². The summed E-state index contributed by atoms with van der Waals surface area (Å²) < 4.78 is 0. The molecule has 17 heavy (non-hydrogen) atoms. The fraction of sp³-hybridized carbons (Fsp3) is 0.545. The average molecular weight is 254 g/mol. The Kier molecular flexibility index (Phi) is 5.93. The molecule has 0 aliphatic carbocycles. The number of nitrogens with two attached hydrogens (primary N) is 1. The number of amides is 1. The molecule has 0 radical (unpaired) electrons. The quantitative estimate of drug-likeness (QED) is 0.603. The Bertz CT molecular complexity index is 351. The summed E-state index contributed by atoms with van der Waals surface area (Å²) in [6, 6.07) is 0. The lowest BCUT2D eigenvalue weighted by Gasteiger charge is -2.17. The van der Waals surface area contributed by atoms with E-state index in [0.717, 1.165) is 18.7 Å². The van der Waals surface area contributed by atoms with Gasteiger partial charge in [0.1, 0.15) is 0 Å². The molecule has 5 nitrogen and oxygen atoms in total. The van der Waals surface area contributed by atoms with E-state index in [1.807, 2.05) is 13.8 Å². The second-order valence-electron chi connectivity index (χ2n) is 3.43. The highest BCUT2D eigenvalue weighted by molar-refractivity contribution is 7.99. The number of hydrogen-bond acceptors (Lipinski definition) is 5. The van der Waals surface area contributed by atoms with E-state index in [9.17, 15) is 4.79 Å². The summed E-state index contributed by atoms with van der Waals surface area (Å²) in [6.07, 6.45) is 3.38. The summed E-state index contributed by atoms with van der Waals surface area (Å²) in [4.78, 5) is 21.8. The van der Waals surface area contributed by atoms with Gasteiger partial charge in [0.25, 0.3) is 0 Å². The lowest BCUT2D eigenvalue weighted by molar-refractivity contribution is -0.127. The molecule has 6 heteroatoms. The predicted molar refractivity (Wildman–Crippen MR) is 68.6 cm³/mol. The second-order valence-corrected chi connectivity index (χ2v) is 4.38. The molecule has 1 aromatic rings. The first kappa shape index (κ1) is 13.9. The van der Waals surface area contributed by atoms with Crippen LogP contribution in [0.1, 0.15) is 19.4 Å². The zero-order chi connectivity index (χ0) is 12.7. The Labute approximate surface area is 106 Å². The second kappa shape index (κ2) is 7.24. The van der Waals surface area contributed by atoms with Gasteiger partial charge in [0.15, 0.2) is 5.16 Å². The molecule has 0 saturated heterocycles. The molecule has 0 spiro atoms. The van der Waals surface area contributed by atoms with E-state index < -0.39 is 0 Å². The molecule has 0 atom stereocenters. The smallest absolute Gasteiger partial charge is 0.233 e. The highest BCUT2D eigenvalue weighted by Crippen LogP contribution is 2.12. The van der Waals surface area contributed by atoms with Gasteiger partial charge in [0, 0.05) is 37.6 Å². The molecule has 0 aliphatic rings. The standard InChI is InChI=1S/C11H18N4OS/c1-3-15(4-2)10(16)8-17-11-13-6-9(5-12)7-14-11/h6-7H,3-5,8,12H2,1-2H3. The van der Waals surface area contributed by atoms with Crippen LogP contribution in [0.15, 0.2) is 17.6 Å². The number of carbonyl (C=O) groups is 1. The molecular weight excluding hydrogens is 236 g/mol.